The van der Waals surface area contributed by atoms with E-state index in [0.29, 0.717) is 6.54 Å². The number of amides is 2. The van der Waals surface area contributed by atoms with Gasteiger partial charge in [0.1, 0.15) is 0 Å². The number of carbonyl (C=O) groups excluding carboxylic acids is 1. The van der Waals surface area contributed by atoms with Gasteiger partial charge in [-0.3, -0.25) is 0 Å². The quantitative estimate of drug-likeness (QED) is 0.478. The summed E-state index contributed by atoms with van der Waals surface area (Å²) in [5.41, 5.74) is 10.3. The Labute approximate surface area is 61.0 Å². The number of primary amides is 1. The van der Waals surface area contributed by atoms with Crippen molar-refractivity contribution in [3.05, 3.63) is 0 Å². The fourth-order valence-corrected chi connectivity index (χ4v) is 0.636. The van der Waals surface area contributed by atoms with E-state index >= 15 is 0 Å². The summed E-state index contributed by atoms with van der Waals surface area (Å²) in [5, 5.41) is 2.48. The molecule has 4 heteroatoms. The lowest BCUT2D eigenvalue weighted by Gasteiger charge is -2.03. The highest BCUT2D eigenvalue weighted by molar-refractivity contribution is 5.71. The number of nitrogens with two attached hydrogens (primary N) is 2. The molecule has 1 atom stereocenters. The second-order valence-electron chi connectivity index (χ2n) is 2.41. The van der Waals surface area contributed by atoms with Crippen LogP contribution in [0.25, 0.3) is 0 Å². The van der Waals surface area contributed by atoms with Crippen molar-refractivity contribution in [2.24, 2.45) is 11.5 Å². The Balaban J connectivity index is 2.98. The molecule has 2 amide bonds. The number of nitrogens with one attached hydrogen (secondary N) is 1. The first-order chi connectivity index (χ1) is 4.63. The van der Waals surface area contributed by atoms with Gasteiger partial charge in [-0.2, -0.15) is 0 Å². The number of hydrogen-bond acceptors (Lipinski definition) is 2. The Kier molecular flexibility index (Phi) is 4.66. The predicted molar refractivity (Wildman–Crippen MR) is 40.5 cm³/mol. The van der Waals surface area contributed by atoms with Crippen molar-refractivity contribution in [3.8, 4) is 0 Å². The van der Waals surface area contributed by atoms with Gasteiger partial charge in [-0.05, 0) is 19.8 Å². The molecule has 0 fully saturated rings. The number of hydrogen-bond donors (Lipinski definition) is 3. The highest BCUT2D eigenvalue weighted by atomic mass is 16.2. The first-order valence-corrected chi connectivity index (χ1v) is 3.42. The Morgan fingerprint density at radius 2 is 2.30 bits per heavy atom. The molecule has 0 heterocycles. The number of urea groups is 1. The summed E-state index contributed by atoms with van der Waals surface area (Å²) in [6.07, 6.45) is 1.81. The minimum absolute atomic E-state index is 0.203. The average molecular weight is 145 g/mol. The molecule has 0 aliphatic rings. The van der Waals surface area contributed by atoms with E-state index in [4.69, 9.17) is 11.5 Å². The van der Waals surface area contributed by atoms with Gasteiger partial charge in [0.2, 0.25) is 0 Å². The van der Waals surface area contributed by atoms with E-state index in [1.807, 2.05) is 6.92 Å². The van der Waals surface area contributed by atoms with E-state index in [0.717, 1.165) is 12.8 Å². The molecular formula is C6H15N3O. The van der Waals surface area contributed by atoms with E-state index in [1.165, 1.54) is 0 Å². The van der Waals surface area contributed by atoms with Crippen LogP contribution in [0.3, 0.4) is 0 Å². The van der Waals surface area contributed by atoms with E-state index in [1.54, 1.807) is 0 Å². The molecule has 4 nitrogen and oxygen atoms in total. The highest BCUT2D eigenvalue weighted by Gasteiger charge is 1.94. The standard InChI is InChI=1S/C6H15N3O/c1-5(7)3-2-4-9-6(8)10/h5H,2-4,7H2,1H3,(H3,8,9,10). The third kappa shape index (κ3) is 7.23. The zero-order chi connectivity index (χ0) is 7.98. The van der Waals surface area contributed by atoms with Crippen molar-refractivity contribution in [2.45, 2.75) is 25.8 Å². The van der Waals surface area contributed by atoms with Crippen molar-refractivity contribution in [1.82, 2.24) is 5.32 Å². The lowest BCUT2D eigenvalue weighted by molar-refractivity contribution is 0.248. The predicted octanol–water partition coefficient (Wildman–Crippen LogP) is -0.218. The van der Waals surface area contributed by atoms with Crippen LogP contribution in [0.15, 0.2) is 0 Å². The maximum atomic E-state index is 10.1. The van der Waals surface area contributed by atoms with Gasteiger partial charge in [0.15, 0.2) is 0 Å². The second kappa shape index (κ2) is 5.05. The lowest BCUT2D eigenvalue weighted by atomic mass is 10.2. The van der Waals surface area contributed by atoms with Crippen LogP contribution >= 0.6 is 0 Å². The maximum Gasteiger partial charge on any atom is 0.312 e. The van der Waals surface area contributed by atoms with Crippen LogP contribution in [0.5, 0.6) is 0 Å². The molecule has 0 aromatic carbocycles. The second-order valence-corrected chi connectivity index (χ2v) is 2.41. The number of carbonyl (C=O) groups is 1. The van der Waals surface area contributed by atoms with Crippen molar-refractivity contribution in [2.75, 3.05) is 6.54 Å². The van der Waals surface area contributed by atoms with Crippen LogP contribution in [0.4, 0.5) is 4.79 Å². The fraction of sp³-hybridized carbons (Fsp3) is 0.833. The van der Waals surface area contributed by atoms with E-state index in [9.17, 15) is 4.79 Å². The van der Waals surface area contributed by atoms with E-state index < -0.39 is 6.03 Å². The van der Waals surface area contributed by atoms with Crippen LogP contribution in [0.2, 0.25) is 0 Å². The summed E-state index contributed by atoms with van der Waals surface area (Å²) >= 11 is 0. The normalized spacial score (nSPS) is 12.6. The highest BCUT2D eigenvalue weighted by Crippen LogP contribution is 1.90. The average Bonchev–Trinajstić information content (AvgIpc) is 1.79. The summed E-state index contributed by atoms with van der Waals surface area (Å²) in [4.78, 5) is 10.1. The third-order valence-corrected chi connectivity index (χ3v) is 1.14. The van der Waals surface area contributed by atoms with Gasteiger partial charge in [0, 0.05) is 12.6 Å². The summed E-state index contributed by atoms with van der Waals surface area (Å²) in [6.45, 7) is 2.56. The molecule has 0 aromatic rings. The summed E-state index contributed by atoms with van der Waals surface area (Å²) in [5.74, 6) is 0. The SMILES string of the molecule is CC(N)CCCNC(N)=O. The molecule has 10 heavy (non-hydrogen) atoms. The van der Waals surface area contributed by atoms with Crippen molar-refractivity contribution < 1.29 is 4.79 Å². The lowest BCUT2D eigenvalue weighted by Crippen LogP contribution is -2.30. The van der Waals surface area contributed by atoms with Gasteiger partial charge in [0.05, 0.1) is 0 Å². The first-order valence-electron chi connectivity index (χ1n) is 3.42. The molecule has 5 N–H and O–H groups in total. The number of rotatable bonds is 4. The molecular weight excluding hydrogens is 130 g/mol. The Morgan fingerprint density at radius 3 is 2.70 bits per heavy atom. The van der Waals surface area contributed by atoms with E-state index in [2.05, 4.69) is 5.32 Å². The maximum absolute atomic E-state index is 10.1. The zero-order valence-electron chi connectivity index (χ0n) is 6.26. The Hall–Kier alpha value is -0.770. The molecule has 0 aliphatic carbocycles. The van der Waals surface area contributed by atoms with Crippen molar-refractivity contribution in [3.63, 3.8) is 0 Å². The first kappa shape index (κ1) is 9.23. The van der Waals surface area contributed by atoms with Gasteiger partial charge in [-0.25, -0.2) is 4.79 Å². The monoisotopic (exact) mass is 145 g/mol. The van der Waals surface area contributed by atoms with Crippen molar-refractivity contribution >= 4 is 6.03 Å². The van der Waals surface area contributed by atoms with Crippen LogP contribution in [-0.4, -0.2) is 18.6 Å². The van der Waals surface area contributed by atoms with Gasteiger partial charge in [-0.1, -0.05) is 0 Å². The molecule has 1 unspecified atom stereocenters. The Bertz CT molecular complexity index is 103. The molecule has 0 bridgehead atoms. The smallest absolute Gasteiger partial charge is 0.312 e. The summed E-state index contributed by atoms with van der Waals surface area (Å²) < 4.78 is 0. The molecule has 0 aromatic heterocycles. The van der Waals surface area contributed by atoms with Crippen LogP contribution < -0.4 is 16.8 Å². The van der Waals surface area contributed by atoms with Crippen LogP contribution in [0, 0.1) is 0 Å². The van der Waals surface area contributed by atoms with Crippen LogP contribution in [0.1, 0.15) is 19.8 Å². The molecule has 0 saturated carbocycles. The molecule has 0 spiro atoms. The zero-order valence-corrected chi connectivity index (χ0v) is 6.26. The topological polar surface area (TPSA) is 81.1 Å². The fourth-order valence-electron chi connectivity index (χ4n) is 0.636. The van der Waals surface area contributed by atoms with Gasteiger partial charge in [-0.15, -0.1) is 0 Å². The van der Waals surface area contributed by atoms with Gasteiger partial charge >= 0.3 is 6.03 Å². The molecule has 0 aliphatic heterocycles. The minimum atomic E-state index is -0.468. The Morgan fingerprint density at radius 1 is 1.70 bits per heavy atom. The van der Waals surface area contributed by atoms with Gasteiger partial charge < -0.3 is 16.8 Å². The molecule has 0 radical (unpaired) electrons. The summed E-state index contributed by atoms with van der Waals surface area (Å²) in [6, 6.07) is -0.264. The largest absolute Gasteiger partial charge is 0.352 e. The summed E-state index contributed by atoms with van der Waals surface area (Å²) in [7, 11) is 0. The van der Waals surface area contributed by atoms with Crippen LogP contribution in [-0.2, 0) is 0 Å². The van der Waals surface area contributed by atoms with Gasteiger partial charge in [0.25, 0.3) is 0 Å². The van der Waals surface area contributed by atoms with E-state index in [-0.39, 0.29) is 6.04 Å². The molecule has 0 rings (SSSR count). The minimum Gasteiger partial charge on any atom is -0.352 e. The molecule has 0 saturated heterocycles. The third-order valence-electron chi connectivity index (χ3n) is 1.14. The molecule has 60 valence electrons. The van der Waals surface area contributed by atoms with Crippen molar-refractivity contribution in [1.29, 1.82) is 0 Å².